The maximum Gasteiger partial charge on any atom is 0.348 e. The van der Waals surface area contributed by atoms with Crippen molar-refractivity contribution in [3.63, 3.8) is 0 Å². The molecule has 0 aliphatic heterocycles. The number of amides is 2. The van der Waals surface area contributed by atoms with Crippen LogP contribution in [0.5, 0.6) is 0 Å². The first-order valence-corrected chi connectivity index (χ1v) is 10.0. The molecule has 2 aromatic rings. The molecule has 7 heteroatoms. The lowest BCUT2D eigenvalue weighted by molar-refractivity contribution is -0.126. The monoisotopic (exact) mass is 402 g/mol. The molecule has 0 unspecified atom stereocenters. The smallest absolute Gasteiger partial charge is 0.348 e. The molecule has 1 aromatic carbocycles. The van der Waals surface area contributed by atoms with E-state index in [2.05, 4.69) is 17.6 Å². The Labute approximate surface area is 169 Å². The third kappa shape index (κ3) is 5.92. The van der Waals surface area contributed by atoms with E-state index in [1.54, 1.807) is 0 Å². The molecule has 0 saturated carbocycles. The molecule has 2 rings (SSSR count). The Morgan fingerprint density at radius 1 is 1.07 bits per heavy atom. The maximum absolute atomic E-state index is 12.1. The van der Waals surface area contributed by atoms with Crippen molar-refractivity contribution in [3.8, 4) is 0 Å². The summed E-state index contributed by atoms with van der Waals surface area (Å²) in [4.78, 5) is 37.6. The van der Waals surface area contributed by atoms with Gasteiger partial charge in [-0.25, -0.2) is 4.79 Å². The second kappa shape index (κ2) is 10.0. The largest absolute Gasteiger partial charge is 0.451 e. The predicted molar refractivity (Wildman–Crippen MR) is 111 cm³/mol. The van der Waals surface area contributed by atoms with Crippen LogP contribution in [0.4, 0.5) is 5.69 Å². The number of ether oxygens (including phenoxy) is 1. The van der Waals surface area contributed by atoms with E-state index < -0.39 is 18.5 Å². The number of benzene rings is 1. The summed E-state index contributed by atoms with van der Waals surface area (Å²) in [5.74, 6) is -1.38. The van der Waals surface area contributed by atoms with E-state index in [0.717, 1.165) is 40.1 Å². The molecule has 0 aliphatic carbocycles. The first-order chi connectivity index (χ1) is 13.3. The fourth-order valence-corrected chi connectivity index (χ4v) is 3.73. The van der Waals surface area contributed by atoms with Gasteiger partial charge in [0.05, 0.1) is 6.54 Å². The van der Waals surface area contributed by atoms with E-state index >= 15 is 0 Å². The van der Waals surface area contributed by atoms with Crippen molar-refractivity contribution in [2.24, 2.45) is 0 Å². The molecule has 0 fully saturated rings. The minimum Gasteiger partial charge on any atom is -0.451 e. The third-order valence-electron chi connectivity index (χ3n) is 4.27. The van der Waals surface area contributed by atoms with Crippen molar-refractivity contribution in [3.05, 3.63) is 50.7 Å². The van der Waals surface area contributed by atoms with Gasteiger partial charge in [-0.2, -0.15) is 0 Å². The summed E-state index contributed by atoms with van der Waals surface area (Å²) in [6.45, 7) is 7.24. The molecule has 0 saturated heterocycles. The normalized spacial score (nSPS) is 10.4. The van der Waals surface area contributed by atoms with Gasteiger partial charge >= 0.3 is 5.97 Å². The molecular weight excluding hydrogens is 376 g/mol. The predicted octanol–water partition coefficient (Wildman–Crippen LogP) is 3.54. The average molecular weight is 403 g/mol. The lowest BCUT2D eigenvalue weighted by Crippen LogP contribution is -2.35. The average Bonchev–Trinajstić information content (AvgIpc) is 3.02. The van der Waals surface area contributed by atoms with Gasteiger partial charge in [-0.1, -0.05) is 31.5 Å². The molecule has 2 N–H and O–H groups in total. The van der Waals surface area contributed by atoms with Crippen molar-refractivity contribution in [2.45, 2.75) is 40.5 Å². The molecular formula is C21H26N2O4S. The van der Waals surface area contributed by atoms with Gasteiger partial charge < -0.3 is 15.4 Å². The molecule has 2 amide bonds. The van der Waals surface area contributed by atoms with Crippen LogP contribution in [-0.2, 0) is 20.7 Å². The Kier molecular flexibility index (Phi) is 7.75. The summed E-state index contributed by atoms with van der Waals surface area (Å²) in [7, 11) is 0. The summed E-state index contributed by atoms with van der Waals surface area (Å²) in [5, 5.41) is 5.25. The minimum absolute atomic E-state index is 0.192. The van der Waals surface area contributed by atoms with Gasteiger partial charge in [0.2, 0.25) is 5.91 Å². The van der Waals surface area contributed by atoms with Crippen LogP contribution in [0.15, 0.2) is 24.3 Å². The Morgan fingerprint density at radius 3 is 2.39 bits per heavy atom. The van der Waals surface area contributed by atoms with E-state index in [1.165, 1.54) is 11.3 Å². The molecule has 0 atom stereocenters. The van der Waals surface area contributed by atoms with Crippen LogP contribution in [0.2, 0.25) is 0 Å². The number of rotatable bonds is 8. The van der Waals surface area contributed by atoms with E-state index in [9.17, 15) is 14.4 Å². The van der Waals surface area contributed by atoms with Crippen molar-refractivity contribution >= 4 is 34.8 Å². The zero-order valence-electron chi connectivity index (χ0n) is 16.7. The van der Waals surface area contributed by atoms with Crippen LogP contribution < -0.4 is 10.6 Å². The zero-order chi connectivity index (χ0) is 20.7. The minimum atomic E-state index is -0.523. The van der Waals surface area contributed by atoms with Gasteiger partial charge in [-0.05, 0) is 49.9 Å². The number of hydrogen-bond acceptors (Lipinski definition) is 5. The molecule has 0 aliphatic rings. The van der Waals surface area contributed by atoms with Gasteiger partial charge in [0, 0.05) is 10.6 Å². The van der Waals surface area contributed by atoms with Crippen LogP contribution in [0.25, 0.3) is 0 Å². The van der Waals surface area contributed by atoms with Crippen LogP contribution in [0.3, 0.4) is 0 Å². The van der Waals surface area contributed by atoms with E-state index in [0.29, 0.717) is 4.88 Å². The Bertz CT molecular complexity index is 853. The summed E-state index contributed by atoms with van der Waals surface area (Å²) >= 11 is 1.37. The molecule has 1 heterocycles. The molecule has 28 heavy (non-hydrogen) atoms. The summed E-state index contributed by atoms with van der Waals surface area (Å²) in [6, 6.07) is 7.54. The first kappa shape index (κ1) is 21.6. The van der Waals surface area contributed by atoms with Crippen LogP contribution in [0.1, 0.15) is 44.6 Å². The molecule has 150 valence electrons. The van der Waals surface area contributed by atoms with Gasteiger partial charge in [-0.15, -0.1) is 11.3 Å². The lowest BCUT2D eigenvalue weighted by Gasteiger charge is -2.12. The van der Waals surface area contributed by atoms with Crippen LogP contribution >= 0.6 is 11.3 Å². The summed E-state index contributed by atoms with van der Waals surface area (Å²) < 4.78 is 5.05. The molecule has 0 radical (unpaired) electrons. The highest BCUT2D eigenvalue weighted by atomic mass is 32.1. The Balaban J connectivity index is 1.78. The highest BCUT2D eigenvalue weighted by Crippen LogP contribution is 2.23. The number of nitrogens with one attached hydrogen (secondary N) is 2. The van der Waals surface area contributed by atoms with Crippen LogP contribution in [-0.4, -0.2) is 30.9 Å². The fraction of sp³-hybridized carbons (Fsp3) is 0.381. The second-order valence-corrected chi connectivity index (χ2v) is 7.87. The Hall–Kier alpha value is -2.67. The van der Waals surface area contributed by atoms with Gasteiger partial charge in [0.15, 0.2) is 6.61 Å². The van der Waals surface area contributed by atoms with Gasteiger partial charge in [-0.3, -0.25) is 9.59 Å². The third-order valence-corrected chi connectivity index (χ3v) is 5.34. The number of anilines is 1. The molecule has 0 spiro atoms. The first-order valence-electron chi connectivity index (χ1n) is 9.21. The van der Waals surface area contributed by atoms with Crippen molar-refractivity contribution in [2.75, 3.05) is 18.5 Å². The number of aryl methyl sites for hydroxylation is 4. The van der Waals surface area contributed by atoms with Gasteiger partial charge in [0.1, 0.15) is 4.88 Å². The standard InChI is InChI=1S/C21H26N2O4S/c1-5-7-16-10-17(28-15(16)4)21(26)27-12-19(25)22-11-18(24)23-20-13(2)8-6-9-14(20)3/h6,8-10H,5,7,11-12H2,1-4H3,(H,22,25)(H,23,24). The number of carbonyl (C=O) groups excluding carboxylic acids is 3. The van der Waals surface area contributed by atoms with Crippen LogP contribution in [0, 0.1) is 20.8 Å². The highest BCUT2D eigenvalue weighted by molar-refractivity contribution is 7.14. The van der Waals surface area contributed by atoms with Crippen molar-refractivity contribution in [1.29, 1.82) is 0 Å². The van der Waals surface area contributed by atoms with Crippen molar-refractivity contribution in [1.82, 2.24) is 5.32 Å². The number of hydrogen-bond donors (Lipinski definition) is 2. The molecule has 6 nitrogen and oxygen atoms in total. The lowest BCUT2D eigenvalue weighted by atomic mass is 10.1. The maximum atomic E-state index is 12.1. The summed E-state index contributed by atoms with van der Waals surface area (Å²) in [5.41, 5.74) is 3.76. The molecule has 1 aromatic heterocycles. The topological polar surface area (TPSA) is 84.5 Å². The second-order valence-electron chi connectivity index (χ2n) is 6.61. The quantitative estimate of drug-likeness (QED) is 0.662. The van der Waals surface area contributed by atoms with E-state index in [4.69, 9.17) is 4.74 Å². The summed E-state index contributed by atoms with van der Waals surface area (Å²) in [6.07, 6.45) is 1.91. The highest BCUT2D eigenvalue weighted by Gasteiger charge is 2.15. The number of thiophene rings is 1. The van der Waals surface area contributed by atoms with E-state index in [-0.39, 0.29) is 12.5 Å². The fourth-order valence-electron chi connectivity index (χ4n) is 2.77. The number of para-hydroxylation sites is 1. The van der Waals surface area contributed by atoms with Gasteiger partial charge in [0.25, 0.3) is 5.91 Å². The SMILES string of the molecule is CCCc1cc(C(=O)OCC(=O)NCC(=O)Nc2c(C)cccc2C)sc1C. The van der Waals surface area contributed by atoms with Crippen molar-refractivity contribution < 1.29 is 19.1 Å². The number of esters is 1. The molecule has 0 bridgehead atoms. The van der Waals surface area contributed by atoms with E-state index in [1.807, 2.05) is 45.0 Å². The zero-order valence-corrected chi connectivity index (χ0v) is 17.5. The Morgan fingerprint density at radius 2 is 1.75 bits per heavy atom. The number of carbonyl (C=O) groups is 3.